The van der Waals surface area contributed by atoms with Gasteiger partial charge in [-0.1, -0.05) is 12.1 Å². The molecule has 1 aromatic carbocycles. The van der Waals surface area contributed by atoms with Gasteiger partial charge in [0.25, 0.3) is 0 Å². The summed E-state index contributed by atoms with van der Waals surface area (Å²) in [4.78, 5) is 10.3. The summed E-state index contributed by atoms with van der Waals surface area (Å²) in [6.45, 7) is 0. The van der Waals surface area contributed by atoms with Crippen molar-refractivity contribution in [3.8, 4) is 0 Å². The number of nitrogens with two attached hydrogens (primary N) is 1. The first-order chi connectivity index (χ1) is 4.72. The van der Waals surface area contributed by atoms with Gasteiger partial charge >= 0.3 is 5.97 Å². The number of carboxylic acids is 1. The first kappa shape index (κ1) is 6.43. The van der Waals surface area contributed by atoms with E-state index in [9.17, 15) is 4.79 Å². The standard InChI is InChI=1S/C7H5NO2/c8-6-4-2-1-3-5(6)7(9)10/h2,4H,8H2,(H,9,10). The Bertz CT molecular complexity index is 258. The van der Waals surface area contributed by atoms with E-state index in [0.717, 1.165) is 0 Å². The van der Waals surface area contributed by atoms with Crippen molar-refractivity contribution in [2.75, 3.05) is 5.73 Å². The van der Waals surface area contributed by atoms with Crippen LogP contribution in [0.5, 0.6) is 0 Å². The van der Waals surface area contributed by atoms with Crippen molar-refractivity contribution in [1.82, 2.24) is 0 Å². The van der Waals surface area contributed by atoms with Crippen LogP contribution < -0.4 is 5.73 Å². The number of nitrogen functional groups attached to an aromatic ring is 1. The molecule has 0 aliphatic carbocycles. The lowest BCUT2D eigenvalue weighted by Gasteiger charge is -1.92. The fourth-order valence-electron chi connectivity index (χ4n) is 0.578. The summed E-state index contributed by atoms with van der Waals surface area (Å²) in [6, 6.07) is 7.87. The predicted octanol–water partition coefficient (Wildman–Crippen LogP) is 0.567. The van der Waals surface area contributed by atoms with Crippen molar-refractivity contribution >= 4 is 11.7 Å². The van der Waals surface area contributed by atoms with Gasteiger partial charge in [0.15, 0.2) is 0 Å². The van der Waals surface area contributed by atoms with E-state index in [-0.39, 0.29) is 11.3 Å². The summed E-state index contributed by atoms with van der Waals surface area (Å²) in [5.41, 5.74) is 5.48. The van der Waals surface area contributed by atoms with E-state index in [0.29, 0.717) is 0 Å². The third kappa shape index (κ3) is 1.00. The number of aromatic carboxylic acids is 1. The topological polar surface area (TPSA) is 63.3 Å². The van der Waals surface area contributed by atoms with Crippen LogP contribution in [-0.4, -0.2) is 11.1 Å². The van der Waals surface area contributed by atoms with Crippen LogP contribution in [0.25, 0.3) is 0 Å². The second-order valence-electron chi connectivity index (χ2n) is 1.74. The zero-order chi connectivity index (χ0) is 7.56. The van der Waals surface area contributed by atoms with Gasteiger partial charge in [-0.25, -0.2) is 4.79 Å². The highest BCUT2D eigenvalue weighted by molar-refractivity contribution is 5.92. The second-order valence-corrected chi connectivity index (χ2v) is 1.74. The highest BCUT2D eigenvalue weighted by atomic mass is 16.4. The third-order valence-electron chi connectivity index (χ3n) is 1.05. The van der Waals surface area contributed by atoms with Crippen molar-refractivity contribution in [2.45, 2.75) is 0 Å². The highest BCUT2D eigenvalue weighted by Crippen LogP contribution is 2.05. The van der Waals surface area contributed by atoms with Gasteiger partial charge in [0.2, 0.25) is 0 Å². The van der Waals surface area contributed by atoms with Gasteiger partial charge in [-0.05, 0) is 12.1 Å². The van der Waals surface area contributed by atoms with Gasteiger partial charge in [0.05, 0.1) is 5.69 Å². The SMILES string of the molecule is Nc1ccc#cc1C(=O)O. The van der Waals surface area contributed by atoms with E-state index in [1.807, 2.05) is 0 Å². The van der Waals surface area contributed by atoms with E-state index in [1.165, 1.54) is 12.1 Å². The summed E-state index contributed by atoms with van der Waals surface area (Å²) in [7, 11) is 0. The van der Waals surface area contributed by atoms with Crippen LogP contribution in [-0.2, 0) is 0 Å². The van der Waals surface area contributed by atoms with Crippen LogP contribution in [0.3, 0.4) is 0 Å². The molecule has 1 aromatic rings. The molecule has 0 bridgehead atoms. The summed E-state index contributed by atoms with van der Waals surface area (Å²) in [6.07, 6.45) is 0. The maximum atomic E-state index is 10.3. The lowest BCUT2D eigenvalue weighted by atomic mass is 10.2. The van der Waals surface area contributed by atoms with Gasteiger partial charge in [0, 0.05) is 0 Å². The largest absolute Gasteiger partial charge is 0.477 e. The Morgan fingerprint density at radius 1 is 1.70 bits per heavy atom. The molecular weight excluding hydrogens is 130 g/mol. The molecule has 0 aliphatic heterocycles. The normalized spacial score (nSPS) is 8.40. The fourth-order valence-corrected chi connectivity index (χ4v) is 0.578. The molecule has 0 spiro atoms. The number of rotatable bonds is 1. The Hall–Kier alpha value is -1.69. The highest BCUT2D eigenvalue weighted by Gasteiger charge is 2.03. The van der Waals surface area contributed by atoms with Gasteiger partial charge in [-0.2, -0.15) is 0 Å². The lowest BCUT2D eigenvalue weighted by molar-refractivity contribution is 0.0698. The molecule has 0 unspecified atom stereocenters. The molecule has 0 amide bonds. The quantitative estimate of drug-likeness (QED) is 0.591. The summed E-state index contributed by atoms with van der Waals surface area (Å²) in [5, 5.41) is 8.43. The lowest BCUT2D eigenvalue weighted by Crippen LogP contribution is -2.00. The van der Waals surface area contributed by atoms with Gasteiger partial charge < -0.3 is 10.8 Å². The molecule has 0 aliphatic rings. The van der Waals surface area contributed by atoms with Crippen molar-refractivity contribution < 1.29 is 9.90 Å². The molecule has 0 saturated carbocycles. The maximum Gasteiger partial charge on any atom is 0.346 e. The number of carbonyl (C=O) groups is 1. The molecule has 0 aromatic heterocycles. The van der Waals surface area contributed by atoms with E-state index in [4.69, 9.17) is 10.8 Å². The van der Waals surface area contributed by atoms with E-state index >= 15 is 0 Å². The first-order valence-electron chi connectivity index (χ1n) is 2.63. The Labute approximate surface area is 58.1 Å². The minimum atomic E-state index is -1.07. The zero-order valence-corrected chi connectivity index (χ0v) is 5.09. The minimum Gasteiger partial charge on any atom is -0.477 e. The van der Waals surface area contributed by atoms with Crippen LogP contribution in [0.15, 0.2) is 12.1 Å². The van der Waals surface area contributed by atoms with Gasteiger partial charge in [-0.3, -0.25) is 0 Å². The fraction of sp³-hybridized carbons (Fsp3) is 0. The zero-order valence-electron chi connectivity index (χ0n) is 5.09. The monoisotopic (exact) mass is 135 g/mol. The molecule has 0 fully saturated rings. The van der Waals surface area contributed by atoms with Gasteiger partial charge in [0.1, 0.15) is 5.56 Å². The smallest absolute Gasteiger partial charge is 0.346 e. The molecule has 3 heteroatoms. The van der Waals surface area contributed by atoms with Crippen LogP contribution >= 0.6 is 0 Å². The molecule has 3 N–H and O–H groups in total. The number of hydrogen-bond acceptors (Lipinski definition) is 2. The summed E-state index contributed by atoms with van der Waals surface area (Å²) in [5.74, 6) is -1.07. The Kier molecular flexibility index (Phi) is 1.46. The molecule has 50 valence electrons. The molecular formula is C7H5NO2. The van der Waals surface area contributed by atoms with E-state index < -0.39 is 5.97 Å². The molecule has 0 saturated heterocycles. The third-order valence-corrected chi connectivity index (χ3v) is 1.05. The molecule has 3 nitrogen and oxygen atoms in total. The average Bonchev–Trinajstić information content (AvgIpc) is 1.88. The van der Waals surface area contributed by atoms with E-state index in [2.05, 4.69) is 12.1 Å². The van der Waals surface area contributed by atoms with Crippen molar-refractivity contribution in [3.63, 3.8) is 0 Å². The van der Waals surface area contributed by atoms with Crippen LogP contribution in [0.1, 0.15) is 10.4 Å². The number of hydrogen-bond donors (Lipinski definition) is 2. The Balaban J connectivity index is 3.15. The molecule has 0 atom stereocenters. The van der Waals surface area contributed by atoms with Crippen LogP contribution in [0.2, 0.25) is 0 Å². The first-order valence-corrected chi connectivity index (χ1v) is 2.63. The number of carboxylic acid groups (broad SMARTS) is 1. The van der Waals surface area contributed by atoms with E-state index in [1.54, 1.807) is 0 Å². The second kappa shape index (κ2) is 2.28. The molecule has 10 heavy (non-hydrogen) atoms. The molecule has 0 radical (unpaired) electrons. The summed E-state index contributed by atoms with van der Waals surface area (Å²) >= 11 is 0. The summed E-state index contributed by atoms with van der Waals surface area (Å²) < 4.78 is 0. The number of anilines is 1. The Morgan fingerprint density at radius 2 is 2.40 bits per heavy atom. The van der Waals surface area contributed by atoms with Crippen LogP contribution in [0, 0.1) is 12.1 Å². The maximum absolute atomic E-state index is 10.3. The van der Waals surface area contributed by atoms with Gasteiger partial charge in [-0.15, -0.1) is 0 Å². The average molecular weight is 135 g/mol. The molecule has 1 rings (SSSR count). The van der Waals surface area contributed by atoms with Crippen LogP contribution in [0.4, 0.5) is 5.69 Å². The minimum absolute atomic E-state index is 0.0255. The molecule has 0 heterocycles. The Morgan fingerprint density at radius 3 is 2.80 bits per heavy atom. The van der Waals surface area contributed by atoms with Crippen molar-refractivity contribution in [2.24, 2.45) is 0 Å². The van der Waals surface area contributed by atoms with Crippen molar-refractivity contribution in [1.29, 1.82) is 0 Å². The predicted molar refractivity (Wildman–Crippen MR) is 35.5 cm³/mol. The van der Waals surface area contributed by atoms with Crippen molar-refractivity contribution in [3.05, 3.63) is 29.8 Å².